The Balaban J connectivity index is 2.11. The molecule has 2 aromatic carbocycles. The second-order valence-electron chi connectivity index (χ2n) is 4.72. The van der Waals surface area contributed by atoms with Gasteiger partial charge in [-0.05, 0) is 29.8 Å². The van der Waals surface area contributed by atoms with Crippen LogP contribution >= 0.6 is 23.2 Å². The SMILES string of the molecule is NC(N=Cc1cccc(C(F)(F)F)c1)=N/N=C/c1c(Cl)cccc1Cl. The van der Waals surface area contributed by atoms with E-state index in [0.29, 0.717) is 15.6 Å². The lowest BCUT2D eigenvalue weighted by Gasteiger charge is -2.06. The maximum Gasteiger partial charge on any atom is 0.416 e. The Morgan fingerprint density at radius 2 is 1.64 bits per heavy atom. The van der Waals surface area contributed by atoms with Gasteiger partial charge >= 0.3 is 6.18 Å². The van der Waals surface area contributed by atoms with Crippen molar-refractivity contribution in [1.29, 1.82) is 0 Å². The predicted molar refractivity (Wildman–Crippen MR) is 94.7 cm³/mol. The number of nitrogens with zero attached hydrogens (tertiary/aromatic N) is 3. The summed E-state index contributed by atoms with van der Waals surface area (Å²) in [6, 6.07) is 9.59. The molecule has 0 saturated heterocycles. The Labute approximate surface area is 151 Å². The fourth-order valence-corrected chi connectivity index (χ4v) is 2.24. The van der Waals surface area contributed by atoms with Crippen molar-refractivity contribution in [2.24, 2.45) is 20.9 Å². The minimum Gasteiger partial charge on any atom is -0.366 e. The zero-order valence-corrected chi connectivity index (χ0v) is 14.0. The van der Waals surface area contributed by atoms with Gasteiger partial charge in [0.05, 0.1) is 21.8 Å². The van der Waals surface area contributed by atoms with Gasteiger partial charge in [-0.1, -0.05) is 41.4 Å². The lowest BCUT2D eigenvalue weighted by molar-refractivity contribution is -0.137. The van der Waals surface area contributed by atoms with Crippen LogP contribution in [0.2, 0.25) is 10.0 Å². The molecular weight excluding hydrogens is 376 g/mol. The van der Waals surface area contributed by atoms with E-state index in [1.54, 1.807) is 18.2 Å². The van der Waals surface area contributed by atoms with Crippen LogP contribution in [0.15, 0.2) is 57.7 Å². The molecule has 4 nitrogen and oxygen atoms in total. The van der Waals surface area contributed by atoms with Crippen LogP contribution in [0.4, 0.5) is 13.2 Å². The molecule has 0 saturated carbocycles. The summed E-state index contributed by atoms with van der Waals surface area (Å²) in [5.74, 6) is -0.239. The van der Waals surface area contributed by atoms with Gasteiger partial charge in [0.1, 0.15) is 0 Å². The number of hydrogen-bond acceptors (Lipinski definition) is 2. The summed E-state index contributed by atoms with van der Waals surface area (Å²) in [6.45, 7) is 0. The number of aliphatic imine (C=N–C) groups is 1. The summed E-state index contributed by atoms with van der Waals surface area (Å²) in [4.78, 5) is 3.75. The van der Waals surface area contributed by atoms with Crippen molar-refractivity contribution < 1.29 is 13.2 Å². The van der Waals surface area contributed by atoms with Gasteiger partial charge in [0.25, 0.3) is 0 Å². The molecule has 0 unspecified atom stereocenters. The number of alkyl halides is 3. The molecule has 0 fully saturated rings. The largest absolute Gasteiger partial charge is 0.416 e. The molecular formula is C16H11Cl2F3N4. The van der Waals surface area contributed by atoms with Crippen molar-refractivity contribution in [1.82, 2.24) is 0 Å². The van der Waals surface area contributed by atoms with Crippen molar-refractivity contribution in [3.05, 3.63) is 69.2 Å². The van der Waals surface area contributed by atoms with E-state index in [1.165, 1.54) is 18.3 Å². The monoisotopic (exact) mass is 386 g/mol. The Hall–Kier alpha value is -2.38. The molecule has 9 heteroatoms. The minimum absolute atomic E-state index is 0.228. The van der Waals surface area contributed by atoms with E-state index in [2.05, 4.69) is 15.2 Å². The molecule has 0 aromatic heterocycles. The van der Waals surface area contributed by atoms with Crippen LogP contribution in [0.3, 0.4) is 0 Å². The van der Waals surface area contributed by atoms with Crippen molar-refractivity contribution in [3.63, 3.8) is 0 Å². The van der Waals surface area contributed by atoms with Gasteiger partial charge in [0.2, 0.25) is 5.96 Å². The van der Waals surface area contributed by atoms with Gasteiger partial charge in [-0.3, -0.25) is 0 Å². The first-order chi connectivity index (χ1) is 11.8. The highest BCUT2D eigenvalue weighted by atomic mass is 35.5. The molecule has 0 atom stereocenters. The molecule has 0 aliphatic rings. The summed E-state index contributed by atoms with van der Waals surface area (Å²) in [5, 5.41) is 8.10. The second-order valence-corrected chi connectivity index (χ2v) is 5.53. The van der Waals surface area contributed by atoms with E-state index < -0.39 is 11.7 Å². The third-order valence-electron chi connectivity index (χ3n) is 2.91. The van der Waals surface area contributed by atoms with Crippen LogP contribution in [0.25, 0.3) is 0 Å². The molecule has 25 heavy (non-hydrogen) atoms. The van der Waals surface area contributed by atoms with Gasteiger partial charge in [-0.2, -0.15) is 18.3 Å². The summed E-state index contributed by atoms with van der Waals surface area (Å²) >= 11 is 11.9. The molecule has 0 aliphatic carbocycles. The molecule has 0 bridgehead atoms. The topological polar surface area (TPSA) is 63.1 Å². The molecule has 0 heterocycles. The smallest absolute Gasteiger partial charge is 0.366 e. The van der Waals surface area contributed by atoms with Crippen molar-refractivity contribution in [3.8, 4) is 0 Å². The van der Waals surface area contributed by atoms with E-state index in [0.717, 1.165) is 18.3 Å². The molecule has 2 rings (SSSR count). The van der Waals surface area contributed by atoms with Gasteiger partial charge in [0.15, 0.2) is 0 Å². The molecule has 0 aliphatic heterocycles. The van der Waals surface area contributed by atoms with Crippen LogP contribution in [0.1, 0.15) is 16.7 Å². The number of rotatable bonds is 3. The van der Waals surface area contributed by atoms with E-state index >= 15 is 0 Å². The second kappa shape index (κ2) is 8.13. The number of nitrogens with two attached hydrogens (primary N) is 1. The summed E-state index contributed by atoms with van der Waals surface area (Å²) in [6.07, 6.45) is -1.97. The van der Waals surface area contributed by atoms with E-state index in [1.807, 2.05) is 0 Å². The van der Waals surface area contributed by atoms with Gasteiger partial charge in [0, 0.05) is 11.8 Å². The molecule has 2 N–H and O–H groups in total. The highest BCUT2D eigenvalue weighted by Crippen LogP contribution is 2.29. The Bertz CT molecular complexity index is 825. The van der Waals surface area contributed by atoms with Gasteiger partial charge in [-0.25, -0.2) is 4.99 Å². The third-order valence-corrected chi connectivity index (χ3v) is 3.57. The molecule has 130 valence electrons. The standard InChI is InChI=1S/C16H11Cl2F3N4/c17-13-5-2-6-14(18)12(13)9-24-25-15(22)23-8-10-3-1-4-11(7-10)16(19,20)21/h1-9H,(H2,22,25)/b23-8?,24-9+. The van der Waals surface area contributed by atoms with Crippen LogP contribution in [0.5, 0.6) is 0 Å². The maximum atomic E-state index is 12.6. The average molecular weight is 387 g/mol. The van der Waals surface area contributed by atoms with Gasteiger partial charge in [-0.15, -0.1) is 5.10 Å². The highest BCUT2D eigenvalue weighted by molar-refractivity contribution is 6.38. The summed E-state index contributed by atoms with van der Waals surface area (Å²) in [5.41, 5.74) is 5.45. The number of hydrogen-bond donors (Lipinski definition) is 1. The molecule has 0 amide bonds. The lowest BCUT2D eigenvalue weighted by atomic mass is 10.1. The number of guanidine groups is 1. The van der Waals surface area contributed by atoms with Crippen molar-refractivity contribution >= 4 is 41.6 Å². The zero-order valence-electron chi connectivity index (χ0n) is 12.5. The molecule has 0 radical (unpaired) electrons. The predicted octanol–water partition coefficient (Wildman–Crippen LogP) is 4.78. The zero-order chi connectivity index (χ0) is 18.4. The van der Waals surface area contributed by atoms with Crippen molar-refractivity contribution in [2.75, 3.05) is 0 Å². The summed E-state index contributed by atoms with van der Waals surface area (Å²) < 4.78 is 37.9. The van der Waals surface area contributed by atoms with E-state index in [4.69, 9.17) is 28.9 Å². The molecule has 0 spiro atoms. The van der Waals surface area contributed by atoms with Crippen LogP contribution in [0, 0.1) is 0 Å². The minimum atomic E-state index is -4.43. The van der Waals surface area contributed by atoms with E-state index in [9.17, 15) is 13.2 Å². The normalized spacial score (nSPS) is 13.1. The third kappa shape index (κ3) is 5.58. The maximum absolute atomic E-state index is 12.6. The number of benzene rings is 2. The van der Waals surface area contributed by atoms with Gasteiger partial charge < -0.3 is 5.73 Å². The first kappa shape index (κ1) is 19.0. The average Bonchev–Trinajstić information content (AvgIpc) is 2.55. The fourth-order valence-electron chi connectivity index (χ4n) is 1.74. The van der Waals surface area contributed by atoms with E-state index in [-0.39, 0.29) is 11.5 Å². The Morgan fingerprint density at radius 1 is 1.00 bits per heavy atom. The lowest BCUT2D eigenvalue weighted by Crippen LogP contribution is -2.08. The summed E-state index contributed by atoms with van der Waals surface area (Å²) in [7, 11) is 0. The number of halogens is 5. The molecule has 2 aromatic rings. The van der Waals surface area contributed by atoms with Crippen molar-refractivity contribution in [2.45, 2.75) is 6.18 Å². The van der Waals surface area contributed by atoms with Crippen LogP contribution in [-0.4, -0.2) is 18.4 Å². The first-order valence-electron chi connectivity index (χ1n) is 6.79. The fraction of sp³-hybridized carbons (Fsp3) is 0.0625. The first-order valence-corrected chi connectivity index (χ1v) is 7.55. The Morgan fingerprint density at radius 3 is 2.28 bits per heavy atom. The Kier molecular flexibility index (Phi) is 6.17. The highest BCUT2D eigenvalue weighted by Gasteiger charge is 2.30. The quantitative estimate of drug-likeness (QED) is 0.460. The van der Waals surface area contributed by atoms with Crippen LogP contribution < -0.4 is 5.73 Å². The van der Waals surface area contributed by atoms with Crippen LogP contribution in [-0.2, 0) is 6.18 Å².